The zero-order valence-electron chi connectivity index (χ0n) is 13.2. The SMILES string of the molecule is Cc1nc(Cl)cc(-c2ccc(-c3cccc4ccccc34)cc2)n1. The fourth-order valence-corrected chi connectivity index (χ4v) is 3.20. The maximum Gasteiger partial charge on any atom is 0.133 e. The first kappa shape index (κ1) is 14.9. The molecule has 0 fully saturated rings. The van der Waals surface area contributed by atoms with Crippen LogP contribution in [0.15, 0.2) is 72.8 Å². The van der Waals surface area contributed by atoms with E-state index in [2.05, 4.69) is 76.7 Å². The van der Waals surface area contributed by atoms with Gasteiger partial charge < -0.3 is 0 Å². The van der Waals surface area contributed by atoms with Gasteiger partial charge in [0.15, 0.2) is 0 Å². The summed E-state index contributed by atoms with van der Waals surface area (Å²) in [4.78, 5) is 8.57. The van der Waals surface area contributed by atoms with Crippen molar-refractivity contribution in [1.82, 2.24) is 9.97 Å². The van der Waals surface area contributed by atoms with Gasteiger partial charge in [-0.2, -0.15) is 0 Å². The lowest BCUT2D eigenvalue weighted by Gasteiger charge is -2.08. The summed E-state index contributed by atoms with van der Waals surface area (Å²) in [5.41, 5.74) is 4.30. The van der Waals surface area contributed by atoms with Crippen LogP contribution in [0.5, 0.6) is 0 Å². The van der Waals surface area contributed by atoms with Crippen molar-refractivity contribution in [2.45, 2.75) is 6.92 Å². The highest BCUT2D eigenvalue weighted by atomic mass is 35.5. The number of fused-ring (bicyclic) bond motifs is 1. The second kappa shape index (κ2) is 6.06. The molecule has 0 aliphatic rings. The van der Waals surface area contributed by atoms with Crippen LogP contribution in [0.4, 0.5) is 0 Å². The second-order valence-electron chi connectivity index (χ2n) is 5.73. The van der Waals surface area contributed by atoms with E-state index in [1.54, 1.807) is 6.07 Å². The van der Waals surface area contributed by atoms with Gasteiger partial charge in [-0.3, -0.25) is 0 Å². The van der Waals surface area contributed by atoms with E-state index < -0.39 is 0 Å². The third-order valence-electron chi connectivity index (χ3n) is 4.09. The quantitative estimate of drug-likeness (QED) is 0.426. The Kier molecular flexibility index (Phi) is 3.75. The molecule has 116 valence electrons. The van der Waals surface area contributed by atoms with E-state index in [0.29, 0.717) is 11.0 Å². The highest BCUT2D eigenvalue weighted by Crippen LogP contribution is 2.30. The predicted molar refractivity (Wildman–Crippen MR) is 100 cm³/mol. The summed E-state index contributed by atoms with van der Waals surface area (Å²) in [6.45, 7) is 1.85. The van der Waals surface area contributed by atoms with E-state index in [1.807, 2.05) is 6.92 Å². The Balaban J connectivity index is 1.78. The van der Waals surface area contributed by atoms with Gasteiger partial charge in [0.25, 0.3) is 0 Å². The average Bonchev–Trinajstić information content (AvgIpc) is 2.60. The highest BCUT2D eigenvalue weighted by molar-refractivity contribution is 6.29. The number of rotatable bonds is 2. The van der Waals surface area contributed by atoms with Crippen molar-refractivity contribution < 1.29 is 0 Å². The summed E-state index contributed by atoms with van der Waals surface area (Å²) >= 11 is 6.04. The molecule has 0 bridgehead atoms. The number of nitrogens with zero attached hydrogens (tertiary/aromatic N) is 2. The van der Waals surface area contributed by atoms with Crippen LogP contribution in [0, 0.1) is 6.92 Å². The molecule has 0 atom stereocenters. The molecule has 0 saturated heterocycles. The lowest BCUT2D eigenvalue weighted by molar-refractivity contribution is 1.06. The van der Waals surface area contributed by atoms with Crippen LogP contribution >= 0.6 is 11.6 Å². The van der Waals surface area contributed by atoms with E-state index >= 15 is 0 Å². The van der Waals surface area contributed by atoms with Gasteiger partial charge in [0, 0.05) is 11.6 Å². The largest absolute Gasteiger partial charge is 0.233 e. The smallest absolute Gasteiger partial charge is 0.133 e. The van der Waals surface area contributed by atoms with Crippen molar-refractivity contribution in [2.75, 3.05) is 0 Å². The molecule has 4 aromatic rings. The van der Waals surface area contributed by atoms with Gasteiger partial charge in [-0.25, -0.2) is 9.97 Å². The normalized spacial score (nSPS) is 10.9. The summed E-state index contributed by atoms with van der Waals surface area (Å²) in [6, 6.07) is 25.0. The van der Waals surface area contributed by atoms with Crippen LogP contribution in [0.2, 0.25) is 5.15 Å². The third kappa shape index (κ3) is 2.77. The molecule has 4 rings (SSSR count). The van der Waals surface area contributed by atoms with Crippen LogP contribution in [0.3, 0.4) is 0 Å². The number of aromatic nitrogens is 2. The minimum atomic E-state index is 0.468. The Bertz CT molecular complexity index is 998. The van der Waals surface area contributed by atoms with E-state index in [4.69, 9.17) is 11.6 Å². The Morgan fingerprint density at radius 1 is 0.750 bits per heavy atom. The number of hydrogen-bond acceptors (Lipinski definition) is 2. The molecule has 1 heterocycles. The molecule has 0 spiro atoms. The zero-order valence-corrected chi connectivity index (χ0v) is 14.0. The molecular formula is C21H15ClN2. The van der Waals surface area contributed by atoms with E-state index in [1.165, 1.54) is 21.9 Å². The van der Waals surface area contributed by atoms with E-state index in [0.717, 1.165) is 11.3 Å². The average molecular weight is 331 g/mol. The molecule has 3 heteroatoms. The van der Waals surface area contributed by atoms with Crippen LogP contribution in [-0.2, 0) is 0 Å². The maximum absolute atomic E-state index is 6.04. The van der Waals surface area contributed by atoms with Crippen LogP contribution in [-0.4, -0.2) is 9.97 Å². The third-order valence-corrected chi connectivity index (χ3v) is 4.28. The fourth-order valence-electron chi connectivity index (χ4n) is 2.98. The fraction of sp³-hybridized carbons (Fsp3) is 0.0476. The number of halogens is 1. The highest BCUT2D eigenvalue weighted by Gasteiger charge is 2.06. The number of benzene rings is 3. The Morgan fingerprint density at radius 3 is 2.25 bits per heavy atom. The molecule has 2 nitrogen and oxygen atoms in total. The summed E-state index contributed by atoms with van der Waals surface area (Å²) < 4.78 is 0. The van der Waals surface area contributed by atoms with E-state index in [9.17, 15) is 0 Å². The van der Waals surface area contributed by atoms with Crippen molar-refractivity contribution in [2.24, 2.45) is 0 Å². The first-order valence-corrected chi connectivity index (χ1v) is 8.18. The van der Waals surface area contributed by atoms with E-state index in [-0.39, 0.29) is 0 Å². The molecule has 1 aromatic heterocycles. The van der Waals surface area contributed by atoms with Gasteiger partial charge >= 0.3 is 0 Å². The molecule has 0 aliphatic heterocycles. The molecule has 0 aliphatic carbocycles. The van der Waals surface area contributed by atoms with Crippen molar-refractivity contribution in [3.63, 3.8) is 0 Å². The topological polar surface area (TPSA) is 25.8 Å². The zero-order chi connectivity index (χ0) is 16.5. The Hall–Kier alpha value is -2.71. The molecule has 3 aromatic carbocycles. The summed E-state index contributed by atoms with van der Waals surface area (Å²) in [5, 5.41) is 2.97. The molecule has 0 N–H and O–H groups in total. The molecule has 0 radical (unpaired) electrons. The minimum absolute atomic E-state index is 0.468. The van der Waals surface area contributed by atoms with Gasteiger partial charge in [0.2, 0.25) is 0 Å². The first-order valence-electron chi connectivity index (χ1n) is 7.80. The Labute approximate surface area is 145 Å². The molecule has 24 heavy (non-hydrogen) atoms. The van der Waals surface area contributed by atoms with Crippen molar-refractivity contribution >= 4 is 22.4 Å². The lowest BCUT2D eigenvalue weighted by atomic mass is 9.97. The Morgan fingerprint density at radius 2 is 1.46 bits per heavy atom. The van der Waals surface area contributed by atoms with Crippen LogP contribution in [0.1, 0.15) is 5.82 Å². The number of hydrogen-bond donors (Lipinski definition) is 0. The van der Waals surface area contributed by atoms with Gasteiger partial charge in [-0.05, 0) is 28.8 Å². The number of aryl methyl sites for hydroxylation is 1. The van der Waals surface area contributed by atoms with Crippen molar-refractivity contribution in [3.8, 4) is 22.4 Å². The first-order chi connectivity index (χ1) is 11.7. The van der Waals surface area contributed by atoms with Crippen LogP contribution < -0.4 is 0 Å². The van der Waals surface area contributed by atoms with Crippen molar-refractivity contribution in [1.29, 1.82) is 0 Å². The predicted octanol–water partition coefficient (Wildman–Crippen LogP) is 5.93. The summed E-state index contributed by atoms with van der Waals surface area (Å²) in [6.07, 6.45) is 0. The van der Waals surface area contributed by atoms with Gasteiger partial charge in [-0.15, -0.1) is 0 Å². The van der Waals surface area contributed by atoms with Crippen LogP contribution in [0.25, 0.3) is 33.2 Å². The van der Waals surface area contributed by atoms with Gasteiger partial charge in [0.05, 0.1) is 5.69 Å². The van der Waals surface area contributed by atoms with Gasteiger partial charge in [0.1, 0.15) is 11.0 Å². The lowest BCUT2D eigenvalue weighted by Crippen LogP contribution is -1.91. The standard InChI is InChI=1S/C21H15ClN2/c1-14-23-20(13-21(22)24-14)17-11-9-16(10-12-17)19-8-4-6-15-5-2-3-7-18(15)19/h2-13H,1H3. The van der Waals surface area contributed by atoms with Gasteiger partial charge in [-0.1, -0.05) is 78.3 Å². The molecular weight excluding hydrogens is 316 g/mol. The molecule has 0 unspecified atom stereocenters. The maximum atomic E-state index is 6.04. The minimum Gasteiger partial charge on any atom is -0.233 e. The monoisotopic (exact) mass is 330 g/mol. The van der Waals surface area contributed by atoms with Crippen molar-refractivity contribution in [3.05, 3.63) is 83.8 Å². The summed E-state index contributed by atoms with van der Waals surface area (Å²) in [5.74, 6) is 0.677. The molecule has 0 amide bonds. The molecule has 0 saturated carbocycles. The summed E-state index contributed by atoms with van der Waals surface area (Å²) in [7, 11) is 0. The second-order valence-corrected chi connectivity index (χ2v) is 6.11.